The van der Waals surface area contributed by atoms with Crippen LogP contribution in [0.1, 0.15) is 6.42 Å². The van der Waals surface area contributed by atoms with E-state index in [0.717, 1.165) is 27.4 Å². The molecule has 0 spiro atoms. The number of alkyl halides is 1. The highest BCUT2D eigenvalue weighted by atomic mass is 19.1. The number of halogens is 1. The molecule has 7 nitrogen and oxygen atoms in total. The highest BCUT2D eigenvalue weighted by Gasteiger charge is 2.43. The number of aromatic nitrogens is 4. The number of nitrogens with one attached hydrogen (secondary N) is 3. The molecule has 5 rings (SSSR count). The van der Waals surface area contributed by atoms with E-state index < -0.39 is 12.1 Å². The van der Waals surface area contributed by atoms with Crippen LogP contribution in [0.25, 0.3) is 33.1 Å². The number of ether oxygens (including phenoxy) is 1. The topological polar surface area (TPSA) is 95.7 Å². The fourth-order valence-electron chi connectivity index (χ4n) is 3.36. The van der Waals surface area contributed by atoms with Crippen molar-refractivity contribution in [2.24, 2.45) is 5.92 Å². The molecule has 2 atom stereocenters. The van der Waals surface area contributed by atoms with Crippen molar-refractivity contribution in [2.75, 3.05) is 12.4 Å². The van der Waals surface area contributed by atoms with Crippen molar-refractivity contribution in [1.82, 2.24) is 20.2 Å². The minimum Gasteiger partial charge on any atom is -0.494 e. The third kappa shape index (κ3) is 2.52. The van der Waals surface area contributed by atoms with Crippen molar-refractivity contribution < 1.29 is 13.9 Å². The Morgan fingerprint density at radius 1 is 1.30 bits per heavy atom. The van der Waals surface area contributed by atoms with Crippen LogP contribution in [0.15, 0.2) is 36.7 Å². The zero-order chi connectivity index (χ0) is 18.5. The molecule has 3 heterocycles. The third-order valence-electron chi connectivity index (χ3n) is 4.90. The van der Waals surface area contributed by atoms with E-state index in [1.165, 1.54) is 0 Å². The second kappa shape index (κ2) is 5.80. The van der Waals surface area contributed by atoms with Crippen LogP contribution in [-0.2, 0) is 4.79 Å². The van der Waals surface area contributed by atoms with Gasteiger partial charge in [0.15, 0.2) is 5.75 Å². The van der Waals surface area contributed by atoms with Crippen LogP contribution < -0.4 is 10.1 Å². The van der Waals surface area contributed by atoms with Gasteiger partial charge in [-0.3, -0.25) is 9.89 Å². The number of fused-ring (bicyclic) bond motifs is 2. The monoisotopic (exact) mass is 365 g/mol. The molecule has 3 N–H and O–H groups in total. The van der Waals surface area contributed by atoms with E-state index in [1.807, 2.05) is 24.4 Å². The second-order valence-electron chi connectivity index (χ2n) is 6.62. The molecule has 8 heteroatoms. The average Bonchev–Trinajstić information content (AvgIpc) is 3.07. The normalized spacial score (nSPS) is 18.7. The fourth-order valence-corrected chi connectivity index (χ4v) is 3.36. The first-order valence-electron chi connectivity index (χ1n) is 8.59. The van der Waals surface area contributed by atoms with Gasteiger partial charge in [-0.15, -0.1) is 0 Å². The van der Waals surface area contributed by atoms with Crippen LogP contribution in [0.3, 0.4) is 0 Å². The average molecular weight is 365 g/mol. The molecule has 1 aliphatic carbocycles. The predicted molar refractivity (Wildman–Crippen MR) is 99.4 cm³/mol. The largest absolute Gasteiger partial charge is 0.494 e. The van der Waals surface area contributed by atoms with Crippen molar-refractivity contribution >= 4 is 33.7 Å². The number of nitrogens with zero attached hydrogens (tertiary/aromatic N) is 2. The summed E-state index contributed by atoms with van der Waals surface area (Å²) in [5.74, 6) is 0.224. The molecule has 3 aromatic heterocycles. The Bertz CT molecular complexity index is 1180. The molecule has 0 saturated heterocycles. The standard InChI is InChI=1S/C19H16FN5O2/c1-27-17-10(3-2-9-7-22-25-16(9)17)13-8-21-18-11(13)4-5-15(23-18)24-19(26)12-6-14(12)20/h2-5,7-8,12,14H,6H2,1H3,(H,22,25)(H2,21,23,24,26). The molecule has 0 aliphatic heterocycles. The predicted octanol–water partition coefficient (Wildman–Crippen LogP) is 3.41. The Labute approximate surface area is 152 Å². The van der Waals surface area contributed by atoms with Gasteiger partial charge in [-0.2, -0.15) is 5.10 Å². The molecule has 1 fully saturated rings. The van der Waals surface area contributed by atoms with Crippen molar-refractivity contribution in [2.45, 2.75) is 12.6 Å². The number of H-pyrrole nitrogens is 2. The highest BCUT2D eigenvalue weighted by Crippen LogP contribution is 2.39. The summed E-state index contributed by atoms with van der Waals surface area (Å²) in [6.07, 6.45) is 2.85. The van der Waals surface area contributed by atoms with Gasteiger partial charge in [0.1, 0.15) is 23.2 Å². The van der Waals surface area contributed by atoms with Crippen LogP contribution in [0, 0.1) is 5.92 Å². The number of benzene rings is 1. The summed E-state index contributed by atoms with van der Waals surface area (Å²) in [5.41, 5.74) is 3.28. The first kappa shape index (κ1) is 15.8. The van der Waals surface area contributed by atoms with Gasteiger partial charge in [-0.05, 0) is 24.6 Å². The maximum atomic E-state index is 13.0. The van der Waals surface area contributed by atoms with Gasteiger partial charge in [0.2, 0.25) is 5.91 Å². The lowest BCUT2D eigenvalue weighted by Crippen LogP contribution is -2.15. The Kier molecular flexibility index (Phi) is 3.40. The maximum absolute atomic E-state index is 13.0. The number of methoxy groups -OCH3 is 1. The number of hydrogen-bond donors (Lipinski definition) is 3. The SMILES string of the molecule is COc1c(-c2c[nH]c3nc(NC(=O)C4CC4F)ccc23)ccc2cn[nH]c12. The van der Waals surface area contributed by atoms with Crippen LogP contribution in [0.2, 0.25) is 0 Å². The van der Waals surface area contributed by atoms with Gasteiger partial charge < -0.3 is 15.0 Å². The summed E-state index contributed by atoms with van der Waals surface area (Å²) < 4.78 is 18.6. The lowest BCUT2D eigenvalue weighted by atomic mass is 10.0. The quantitative estimate of drug-likeness (QED) is 0.516. The Balaban J connectivity index is 1.54. The van der Waals surface area contributed by atoms with Crippen molar-refractivity contribution in [3.63, 3.8) is 0 Å². The summed E-state index contributed by atoms with van der Waals surface area (Å²) in [6, 6.07) is 7.54. The highest BCUT2D eigenvalue weighted by molar-refractivity contribution is 6.01. The maximum Gasteiger partial charge on any atom is 0.231 e. The molecular formula is C19H16FN5O2. The smallest absolute Gasteiger partial charge is 0.231 e. The van der Waals surface area contributed by atoms with Gasteiger partial charge in [0.25, 0.3) is 0 Å². The molecule has 0 radical (unpaired) electrons. The first-order valence-corrected chi connectivity index (χ1v) is 8.59. The number of pyridine rings is 1. The van der Waals surface area contributed by atoms with Crippen molar-refractivity contribution in [3.05, 3.63) is 36.7 Å². The van der Waals surface area contributed by atoms with E-state index in [4.69, 9.17) is 4.74 Å². The van der Waals surface area contributed by atoms with Crippen LogP contribution in [0.4, 0.5) is 10.2 Å². The van der Waals surface area contributed by atoms with Crippen LogP contribution >= 0.6 is 0 Å². The van der Waals surface area contributed by atoms with E-state index >= 15 is 0 Å². The number of carbonyl (C=O) groups excluding carboxylic acids is 1. The molecule has 1 amide bonds. The zero-order valence-electron chi connectivity index (χ0n) is 14.4. The third-order valence-corrected chi connectivity index (χ3v) is 4.90. The lowest BCUT2D eigenvalue weighted by molar-refractivity contribution is -0.117. The summed E-state index contributed by atoms with van der Waals surface area (Å²) in [7, 11) is 1.62. The van der Waals surface area contributed by atoms with E-state index in [1.54, 1.807) is 19.4 Å². The van der Waals surface area contributed by atoms with E-state index in [0.29, 0.717) is 17.2 Å². The molecular weight excluding hydrogens is 349 g/mol. The van der Waals surface area contributed by atoms with E-state index in [-0.39, 0.29) is 12.3 Å². The van der Waals surface area contributed by atoms with E-state index in [9.17, 15) is 9.18 Å². The van der Waals surface area contributed by atoms with Gasteiger partial charge >= 0.3 is 0 Å². The molecule has 136 valence electrons. The molecule has 0 bridgehead atoms. The van der Waals surface area contributed by atoms with Crippen molar-refractivity contribution in [3.8, 4) is 16.9 Å². The Hall–Kier alpha value is -3.42. The molecule has 1 saturated carbocycles. The molecule has 4 aromatic rings. The van der Waals surface area contributed by atoms with Crippen molar-refractivity contribution in [1.29, 1.82) is 0 Å². The fraction of sp³-hybridized carbons (Fsp3) is 0.211. The Morgan fingerprint density at radius 2 is 2.15 bits per heavy atom. The lowest BCUT2D eigenvalue weighted by Gasteiger charge is -2.09. The second-order valence-corrected chi connectivity index (χ2v) is 6.62. The van der Waals surface area contributed by atoms with Gasteiger partial charge in [0.05, 0.1) is 19.2 Å². The molecule has 1 aliphatic rings. The number of hydrogen-bond acceptors (Lipinski definition) is 4. The number of anilines is 1. The van der Waals surface area contributed by atoms with Crippen LogP contribution in [-0.4, -0.2) is 39.4 Å². The Morgan fingerprint density at radius 3 is 2.93 bits per heavy atom. The van der Waals surface area contributed by atoms with Gasteiger partial charge in [-0.1, -0.05) is 6.07 Å². The zero-order valence-corrected chi connectivity index (χ0v) is 14.4. The summed E-state index contributed by atoms with van der Waals surface area (Å²) >= 11 is 0. The molecule has 27 heavy (non-hydrogen) atoms. The first-order chi connectivity index (χ1) is 13.2. The molecule has 2 unspecified atom stereocenters. The minimum absolute atomic E-state index is 0.288. The summed E-state index contributed by atoms with van der Waals surface area (Å²) in [4.78, 5) is 19.5. The van der Waals surface area contributed by atoms with Crippen LogP contribution in [0.5, 0.6) is 5.75 Å². The minimum atomic E-state index is -1.03. The molecule has 1 aromatic carbocycles. The number of aromatic amines is 2. The number of amides is 1. The van der Waals surface area contributed by atoms with Gasteiger partial charge in [-0.25, -0.2) is 9.37 Å². The summed E-state index contributed by atoms with van der Waals surface area (Å²) in [5, 5.41) is 11.5. The summed E-state index contributed by atoms with van der Waals surface area (Å²) in [6.45, 7) is 0. The number of rotatable bonds is 4. The van der Waals surface area contributed by atoms with E-state index in [2.05, 4.69) is 25.5 Å². The number of carbonyl (C=O) groups is 1. The van der Waals surface area contributed by atoms with Gasteiger partial charge in [0, 0.05) is 28.1 Å².